The monoisotopic (exact) mass is 256 g/mol. The number of fused-ring (bicyclic) bond motifs is 1. The van der Waals surface area contributed by atoms with Crippen LogP contribution in [0.25, 0.3) is 10.9 Å². The van der Waals surface area contributed by atoms with E-state index < -0.39 is 0 Å². The van der Waals surface area contributed by atoms with Crippen LogP contribution in [0.1, 0.15) is 36.2 Å². The van der Waals surface area contributed by atoms with Crippen LogP contribution < -0.4 is 5.73 Å². The molecule has 19 heavy (non-hydrogen) atoms. The Labute approximate surface area is 116 Å². The summed E-state index contributed by atoms with van der Waals surface area (Å²) >= 11 is 0. The second kappa shape index (κ2) is 4.93. The molecule has 102 valence electrons. The van der Waals surface area contributed by atoms with Crippen LogP contribution in [-0.2, 0) is 6.42 Å². The van der Waals surface area contributed by atoms with Crippen LogP contribution in [0.5, 0.6) is 0 Å². The third kappa shape index (κ3) is 2.95. The normalized spacial score (nSPS) is 12.1. The molecule has 0 aliphatic carbocycles. The summed E-state index contributed by atoms with van der Waals surface area (Å²) in [6.07, 6.45) is 0.970. The molecule has 0 amide bonds. The lowest BCUT2D eigenvalue weighted by Gasteiger charge is -2.23. The van der Waals surface area contributed by atoms with E-state index in [0.29, 0.717) is 6.54 Å². The van der Waals surface area contributed by atoms with Gasteiger partial charge in [0.25, 0.3) is 0 Å². The van der Waals surface area contributed by atoms with Gasteiger partial charge in [-0.05, 0) is 62.4 Å². The van der Waals surface area contributed by atoms with Crippen molar-refractivity contribution in [3.63, 3.8) is 0 Å². The molecule has 2 heteroatoms. The van der Waals surface area contributed by atoms with Crippen LogP contribution in [-0.4, -0.2) is 11.5 Å². The van der Waals surface area contributed by atoms with E-state index in [0.717, 1.165) is 17.6 Å². The highest BCUT2D eigenvalue weighted by Crippen LogP contribution is 2.28. The fourth-order valence-corrected chi connectivity index (χ4v) is 2.61. The van der Waals surface area contributed by atoms with Crippen LogP contribution in [0.4, 0.5) is 0 Å². The molecule has 0 atom stereocenters. The Kier molecular flexibility index (Phi) is 3.64. The van der Waals surface area contributed by atoms with Crippen molar-refractivity contribution in [3.05, 3.63) is 40.6 Å². The largest absolute Gasteiger partial charge is 0.330 e. The Balaban J connectivity index is 2.66. The van der Waals surface area contributed by atoms with Crippen molar-refractivity contribution in [2.75, 3.05) is 6.54 Å². The number of pyridine rings is 1. The number of aromatic nitrogens is 1. The van der Waals surface area contributed by atoms with E-state index in [1.165, 1.54) is 22.1 Å². The number of hydrogen-bond donors (Lipinski definition) is 1. The molecule has 0 saturated heterocycles. The first-order valence-electron chi connectivity index (χ1n) is 6.90. The van der Waals surface area contributed by atoms with Crippen LogP contribution in [0, 0.1) is 26.2 Å². The summed E-state index contributed by atoms with van der Waals surface area (Å²) in [6.45, 7) is 11.5. The number of nitrogens with zero attached hydrogens (tertiary/aromatic N) is 1. The zero-order chi connectivity index (χ0) is 14.2. The maximum Gasteiger partial charge on any atom is 0.0740 e. The van der Waals surface area contributed by atoms with Gasteiger partial charge in [-0.15, -0.1) is 0 Å². The third-order valence-electron chi connectivity index (χ3n) is 3.69. The smallest absolute Gasteiger partial charge is 0.0740 e. The zero-order valence-corrected chi connectivity index (χ0v) is 12.7. The van der Waals surface area contributed by atoms with Crippen LogP contribution in [0.3, 0.4) is 0 Å². The molecule has 0 radical (unpaired) electrons. The zero-order valence-electron chi connectivity index (χ0n) is 12.7. The number of nitrogens with two attached hydrogens (primary N) is 1. The predicted molar refractivity (Wildman–Crippen MR) is 82.5 cm³/mol. The van der Waals surface area contributed by atoms with Gasteiger partial charge in [-0.2, -0.15) is 0 Å². The van der Waals surface area contributed by atoms with Gasteiger partial charge in [0.1, 0.15) is 0 Å². The van der Waals surface area contributed by atoms with Crippen molar-refractivity contribution in [2.45, 2.75) is 41.0 Å². The Morgan fingerprint density at radius 1 is 1.11 bits per heavy atom. The predicted octanol–water partition coefficient (Wildman–Crippen LogP) is 3.69. The molecular weight excluding hydrogens is 232 g/mol. The average molecular weight is 256 g/mol. The second-order valence-corrected chi connectivity index (χ2v) is 6.45. The summed E-state index contributed by atoms with van der Waals surface area (Å²) in [5.41, 5.74) is 12.1. The Bertz CT molecular complexity index is 612. The van der Waals surface area contributed by atoms with E-state index in [4.69, 9.17) is 10.7 Å². The lowest BCUT2D eigenvalue weighted by atomic mass is 9.84. The molecule has 0 bridgehead atoms. The number of hydrogen-bond acceptors (Lipinski definition) is 2. The van der Waals surface area contributed by atoms with Crippen molar-refractivity contribution in [1.29, 1.82) is 0 Å². The highest BCUT2D eigenvalue weighted by Gasteiger charge is 2.19. The molecule has 1 aromatic heterocycles. The van der Waals surface area contributed by atoms with E-state index in [2.05, 4.69) is 52.8 Å². The maximum atomic E-state index is 5.88. The van der Waals surface area contributed by atoms with E-state index >= 15 is 0 Å². The number of benzene rings is 1. The molecular formula is C17H24N2. The molecule has 0 spiro atoms. The molecule has 0 saturated carbocycles. The first-order chi connectivity index (χ1) is 8.82. The summed E-state index contributed by atoms with van der Waals surface area (Å²) in [5, 5.41) is 1.27. The summed E-state index contributed by atoms with van der Waals surface area (Å²) < 4.78 is 0. The quantitative estimate of drug-likeness (QED) is 0.909. The fraction of sp³-hybridized carbons (Fsp3) is 0.471. The molecule has 0 fully saturated rings. The highest BCUT2D eigenvalue weighted by atomic mass is 14.7. The first-order valence-corrected chi connectivity index (χ1v) is 6.90. The van der Waals surface area contributed by atoms with Crippen molar-refractivity contribution >= 4 is 10.9 Å². The molecule has 2 N–H and O–H groups in total. The number of aryl methyl sites for hydroxylation is 3. The van der Waals surface area contributed by atoms with Crippen molar-refractivity contribution in [1.82, 2.24) is 4.98 Å². The average Bonchev–Trinajstić information content (AvgIpc) is 2.30. The van der Waals surface area contributed by atoms with Gasteiger partial charge in [0.05, 0.1) is 5.52 Å². The maximum absolute atomic E-state index is 5.88. The van der Waals surface area contributed by atoms with Crippen LogP contribution >= 0.6 is 0 Å². The van der Waals surface area contributed by atoms with Crippen molar-refractivity contribution < 1.29 is 0 Å². The minimum absolute atomic E-state index is 0.111. The Hall–Kier alpha value is -1.41. The van der Waals surface area contributed by atoms with Gasteiger partial charge in [0.2, 0.25) is 0 Å². The lowest BCUT2D eigenvalue weighted by Crippen LogP contribution is -2.26. The van der Waals surface area contributed by atoms with Crippen molar-refractivity contribution in [2.24, 2.45) is 11.1 Å². The van der Waals surface area contributed by atoms with Gasteiger partial charge in [-0.25, -0.2) is 0 Å². The van der Waals surface area contributed by atoms with Crippen LogP contribution in [0.2, 0.25) is 0 Å². The minimum Gasteiger partial charge on any atom is -0.330 e. The van der Waals surface area contributed by atoms with Gasteiger partial charge in [-0.3, -0.25) is 4.98 Å². The van der Waals surface area contributed by atoms with Gasteiger partial charge >= 0.3 is 0 Å². The molecule has 2 aromatic rings. The summed E-state index contributed by atoms with van der Waals surface area (Å²) in [7, 11) is 0. The third-order valence-corrected chi connectivity index (χ3v) is 3.69. The van der Waals surface area contributed by atoms with Crippen LogP contribution in [0.15, 0.2) is 18.2 Å². The highest BCUT2D eigenvalue weighted by molar-refractivity contribution is 5.86. The van der Waals surface area contributed by atoms with Gasteiger partial charge in [-0.1, -0.05) is 25.5 Å². The molecule has 0 aliphatic rings. The molecule has 1 heterocycles. The van der Waals surface area contributed by atoms with Gasteiger partial charge in [0.15, 0.2) is 0 Å². The topological polar surface area (TPSA) is 38.9 Å². The van der Waals surface area contributed by atoms with E-state index in [9.17, 15) is 0 Å². The summed E-state index contributed by atoms with van der Waals surface area (Å²) in [6, 6.07) is 6.64. The summed E-state index contributed by atoms with van der Waals surface area (Å²) in [5.74, 6) is 0. The van der Waals surface area contributed by atoms with E-state index in [1.54, 1.807) is 0 Å². The molecule has 0 aliphatic heterocycles. The number of rotatable bonds is 3. The molecule has 1 aromatic carbocycles. The lowest BCUT2D eigenvalue weighted by molar-refractivity contribution is 0.377. The van der Waals surface area contributed by atoms with E-state index in [-0.39, 0.29) is 5.41 Å². The van der Waals surface area contributed by atoms with Gasteiger partial charge in [0, 0.05) is 11.1 Å². The Morgan fingerprint density at radius 3 is 2.42 bits per heavy atom. The van der Waals surface area contributed by atoms with E-state index in [1.807, 2.05) is 0 Å². The first kappa shape index (κ1) is 14.0. The Morgan fingerprint density at radius 2 is 1.79 bits per heavy atom. The molecule has 2 rings (SSSR count). The standard InChI is InChI=1S/C17H24N2/c1-11-6-14(9-17(4,5)10-18)16-15(7-11)12(2)8-13(3)19-16/h6-8H,9-10,18H2,1-5H3. The minimum atomic E-state index is 0.111. The molecule has 2 nitrogen and oxygen atoms in total. The molecule has 0 unspecified atom stereocenters. The SMILES string of the molecule is Cc1cc(CC(C)(C)CN)c2nc(C)cc(C)c2c1. The van der Waals surface area contributed by atoms with Gasteiger partial charge < -0.3 is 5.73 Å². The van der Waals surface area contributed by atoms with Crippen molar-refractivity contribution in [3.8, 4) is 0 Å². The summed E-state index contributed by atoms with van der Waals surface area (Å²) in [4.78, 5) is 4.76. The fourth-order valence-electron chi connectivity index (χ4n) is 2.61. The second-order valence-electron chi connectivity index (χ2n) is 6.45.